The van der Waals surface area contributed by atoms with E-state index in [-0.39, 0.29) is 0 Å². The van der Waals surface area contributed by atoms with Gasteiger partial charge in [0.1, 0.15) is 5.01 Å². The fourth-order valence-electron chi connectivity index (χ4n) is 3.07. The minimum atomic E-state index is -3.39. The fraction of sp³-hybridized carbons (Fsp3) is 0.278. The summed E-state index contributed by atoms with van der Waals surface area (Å²) in [6.45, 7) is 1.63. The Hall–Kier alpha value is -1.74. The molecule has 1 aliphatic heterocycles. The van der Waals surface area contributed by atoms with Gasteiger partial charge in [-0.3, -0.25) is 0 Å². The third kappa shape index (κ3) is 3.18. The molecule has 136 valence electrons. The van der Waals surface area contributed by atoms with Crippen LogP contribution in [0.1, 0.15) is 11.3 Å². The van der Waals surface area contributed by atoms with Crippen molar-refractivity contribution in [3.8, 4) is 9.88 Å². The predicted octanol–water partition coefficient (Wildman–Crippen LogP) is 3.68. The van der Waals surface area contributed by atoms with E-state index in [1.165, 1.54) is 9.18 Å². The van der Waals surface area contributed by atoms with Crippen molar-refractivity contribution < 1.29 is 8.42 Å². The van der Waals surface area contributed by atoms with Gasteiger partial charge in [-0.1, -0.05) is 6.07 Å². The summed E-state index contributed by atoms with van der Waals surface area (Å²) in [5.74, 6) is 0. The molecule has 26 heavy (non-hydrogen) atoms. The third-order valence-electron chi connectivity index (χ3n) is 4.46. The number of thiazole rings is 1. The molecule has 0 saturated carbocycles. The summed E-state index contributed by atoms with van der Waals surface area (Å²) in [7, 11) is -0.276. The monoisotopic (exact) mass is 405 g/mol. The van der Waals surface area contributed by atoms with Crippen LogP contribution >= 0.6 is 22.7 Å². The second kappa shape index (κ2) is 6.77. The average Bonchev–Trinajstić information content (AvgIpc) is 3.35. The zero-order chi connectivity index (χ0) is 18.3. The molecule has 4 rings (SSSR count). The Morgan fingerprint density at radius 1 is 1.23 bits per heavy atom. The smallest absolute Gasteiger partial charge is 0.242 e. The first-order valence-electron chi connectivity index (χ1n) is 8.24. The molecule has 5 nitrogen and oxygen atoms in total. The highest BCUT2D eigenvalue weighted by Crippen LogP contribution is 2.33. The lowest BCUT2D eigenvalue weighted by molar-refractivity contribution is 0.520. The molecule has 0 saturated heterocycles. The van der Waals surface area contributed by atoms with Gasteiger partial charge in [-0.25, -0.2) is 17.7 Å². The van der Waals surface area contributed by atoms with E-state index >= 15 is 0 Å². The van der Waals surface area contributed by atoms with Crippen molar-refractivity contribution in [3.63, 3.8) is 0 Å². The first-order valence-corrected chi connectivity index (χ1v) is 11.4. The maximum Gasteiger partial charge on any atom is 0.242 e. The number of thiophene rings is 1. The van der Waals surface area contributed by atoms with Gasteiger partial charge in [0.15, 0.2) is 0 Å². The number of fused-ring (bicyclic) bond motifs is 1. The highest BCUT2D eigenvalue weighted by molar-refractivity contribution is 7.89. The van der Waals surface area contributed by atoms with E-state index in [9.17, 15) is 8.42 Å². The van der Waals surface area contributed by atoms with Crippen LogP contribution in [0.3, 0.4) is 0 Å². The van der Waals surface area contributed by atoms with Crippen LogP contribution in [0, 0.1) is 0 Å². The molecule has 2 aromatic heterocycles. The normalized spacial score (nSPS) is 14.2. The standard InChI is InChI=1S/C18H19N3O2S3/c1-20(2)26(22,23)15-5-6-16-13(10-15)7-8-21(16)11-14-12-25-18(19-14)17-4-3-9-24-17/h3-6,9-10,12H,7-8,11H2,1-2H3. The van der Waals surface area contributed by atoms with Crippen LogP contribution in [-0.4, -0.2) is 38.3 Å². The quantitative estimate of drug-likeness (QED) is 0.650. The van der Waals surface area contributed by atoms with Gasteiger partial charge in [-0.2, -0.15) is 0 Å². The second-order valence-electron chi connectivity index (χ2n) is 6.37. The fourth-order valence-corrected chi connectivity index (χ4v) is 5.65. The van der Waals surface area contributed by atoms with Gasteiger partial charge in [-0.15, -0.1) is 22.7 Å². The molecule has 0 atom stereocenters. The lowest BCUT2D eigenvalue weighted by Crippen LogP contribution is -2.22. The van der Waals surface area contributed by atoms with Crippen LogP contribution in [-0.2, 0) is 23.0 Å². The summed E-state index contributed by atoms with van der Waals surface area (Å²) in [6, 6.07) is 9.56. The van der Waals surface area contributed by atoms with Crippen LogP contribution in [0.4, 0.5) is 5.69 Å². The molecule has 0 unspecified atom stereocenters. The van der Waals surface area contributed by atoms with Gasteiger partial charge in [0.25, 0.3) is 0 Å². The molecule has 0 N–H and O–H groups in total. The van der Waals surface area contributed by atoms with E-state index in [2.05, 4.69) is 21.7 Å². The highest BCUT2D eigenvalue weighted by Gasteiger charge is 2.24. The zero-order valence-electron chi connectivity index (χ0n) is 14.5. The predicted molar refractivity (Wildman–Crippen MR) is 107 cm³/mol. The Bertz CT molecular complexity index is 1020. The lowest BCUT2D eigenvalue weighted by atomic mass is 10.2. The van der Waals surface area contributed by atoms with Crippen LogP contribution in [0.15, 0.2) is 46.0 Å². The molecular formula is C18H19N3O2S3. The number of sulfonamides is 1. The number of nitrogens with zero attached hydrogens (tertiary/aromatic N) is 3. The lowest BCUT2D eigenvalue weighted by Gasteiger charge is -2.18. The topological polar surface area (TPSA) is 53.5 Å². The summed E-state index contributed by atoms with van der Waals surface area (Å²) < 4.78 is 25.9. The summed E-state index contributed by atoms with van der Waals surface area (Å²) in [5, 5.41) is 5.23. The summed E-state index contributed by atoms with van der Waals surface area (Å²) >= 11 is 3.37. The van der Waals surface area contributed by atoms with Crippen molar-refractivity contribution in [2.75, 3.05) is 25.5 Å². The Morgan fingerprint density at radius 2 is 2.08 bits per heavy atom. The summed E-state index contributed by atoms with van der Waals surface area (Å²) in [5.41, 5.74) is 3.24. The second-order valence-corrected chi connectivity index (χ2v) is 10.3. The Morgan fingerprint density at radius 3 is 2.81 bits per heavy atom. The zero-order valence-corrected chi connectivity index (χ0v) is 17.0. The largest absolute Gasteiger partial charge is 0.365 e. The van der Waals surface area contributed by atoms with Crippen molar-refractivity contribution >= 4 is 38.4 Å². The Kier molecular flexibility index (Phi) is 4.60. The molecule has 3 aromatic rings. The molecule has 8 heteroatoms. The van der Waals surface area contributed by atoms with Crippen LogP contribution in [0.5, 0.6) is 0 Å². The molecular weight excluding hydrogens is 386 g/mol. The van der Waals surface area contributed by atoms with Gasteiger partial charge in [0.05, 0.1) is 22.0 Å². The molecule has 1 aliphatic rings. The molecule has 1 aromatic carbocycles. The Balaban J connectivity index is 1.55. The van der Waals surface area contributed by atoms with Crippen molar-refractivity contribution in [2.45, 2.75) is 17.9 Å². The first-order chi connectivity index (χ1) is 12.4. The van der Waals surface area contributed by atoms with E-state index < -0.39 is 10.0 Å². The van der Waals surface area contributed by atoms with Crippen molar-refractivity contribution in [1.29, 1.82) is 0 Å². The third-order valence-corrected chi connectivity index (χ3v) is 8.20. The van der Waals surface area contributed by atoms with Crippen molar-refractivity contribution in [2.24, 2.45) is 0 Å². The van der Waals surface area contributed by atoms with Gasteiger partial charge >= 0.3 is 0 Å². The van der Waals surface area contributed by atoms with Crippen LogP contribution in [0.2, 0.25) is 0 Å². The van der Waals surface area contributed by atoms with Crippen molar-refractivity contribution in [3.05, 3.63) is 52.3 Å². The van der Waals surface area contributed by atoms with Gasteiger partial charge in [0.2, 0.25) is 10.0 Å². The maximum absolute atomic E-state index is 12.3. The summed E-state index contributed by atoms with van der Waals surface area (Å²) in [6.07, 6.45) is 0.855. The molecule has 0 aliphatic carbocycles. The van der Waals surface area contributed by atoms with Gasteiger partial charge in [-0.05, 0) is 41.6 Å². The molecule has 0 bridgehead atoms. The van der Waals surface area contributed by atoms with E-state index in [0.717, 1.165) is 41.5 Å². The SMILES string of the molecule is CN(C)S(=O)(=O)c1ccc2c(c1)CCN2Cc1csc(-c2cccs2)n1. The van der Waals surface area contributed by atoms with Crippen molar-refractivity contribution in [1.82, 2.24) is 9.29 Å². The maximum atomic E-state index is 12.3. The first kappa shape index (κ1) is 17.7. The Labute approximate surface area is 161 Å². The number of aromatic nitrogens is 1. The van der Waals surface area contributed by atoms with E-state index in [0.29, 0.717) is 4.90 Å². The van der Waals surface area contributed by atoms with Crippen LogP contribution in [0.25, 0.3) is 9.88 Å². The molecule has 0 radical (unpaired) electrons. The molecule has 0 amide bonds. The van der Waals surface area contributed by atoms with E-state index in [1.54, 1.807) is 42.8 Å². The van der Waals surface area contributed by atoms with Gasteiger partial charge < -0.3 is 4.90 Å². The van der Waals surface area contributed by atoms with E-state index in [1.807, 2.05) is 18.2 Å². The van der Waals surface area contributed by atoms with Gasteiger partial charge in [0, 0.05) is 31.7 Å². The minimum absolute atomic E-state index is 0.358. The van der Waals surface area contributed by atoms with E-state index in [4.69, 9.17) is 4.98 Å². The minimum Gasteiger partial charge on any atom is -0.365 e. The number of hydrogen-bond donors (Lipinski definition) is 0. The highest BCUT2D eigenvalue weighted by atomic mass is 32.2. The number of hydrogen-bond acceptors (Lipinski definition) is 6. The number of rotatable bonds is 5. The summed E-state index contributed by atoms with van der Waals surface area (Å²) in [4.78, 5) is 8.58. The molecule has 0 fully saturated rings. The average molecular weight is 406 g/mol. The van der Waals surface area contributed by atoms with Crippen LogP contribution < -0.4 is 4.90 Å². The molecule has 3 heterocycles. The number of anilines is 1. The number of benzene rings is 1. The molecule has 0 spiro atoms.